The van der Waals surface area contributed by atoms with E-state index >= 15 is 0 Å². The average Bonchev–Trinajstić information content (AvgIpc) is 1.95. The van der Waals surface area contributed by atoms with Crippen molar-refractivity contribution < 1.29 is 0 Å². The zero-order valence-corrected chi connectivity index (χ0v) is 5.50. The van der Waals surface area contributed by atoms with Crippen molar-refractivity contribution in [2.24, 2.45) is 0 Å². The van der Waals surface area contributed by atoms with Crippen LogP contribution in [0.5, 0.6) is 0 Å². The van der Waals surface area contributed by atoms with Gasteiger partial charge in [0.2, 0.25) is 0 Å². The first-order valence-corrected chi connectivity index (χ1v) is 2.90. The molecule has 0 bridgehead atoms. The molecule has 1 heterocycles. The van der Waals surface area contributed by atoms with Crippen LogP contribution in [0.1, 0.15) is 6.92 Å². The molecule has 0 saturated carbocycles. The van der Waals surface area contributed by atoms with Gasteiger partial charge in [-0.3, -0.25) is 9.59 Å². The van der Waals surface area contributed by atoms with Gasteiger partial charge < -0.3 is 4.98 Å². The summed E-state index contributed by atoms with van der Waals surface area (Å²) in [6.07, 6.45) is 1.20. The first kappa shape index (κ1) is 6.73. The largest absolute Gasteiger partial charge is 0.332 e. The van der Waals surface area contributed by atoms with Gasteiger partial charge in [-0.25, -0.2) is 4.68 Å². The minimum absolute atomic E-state index is 0.419. The molecule has 5 heteroatoms. The highest BCUT2D eigenvalue weighted by Crippen LogP contribution is 1.64. The van der Waals surface area contributed by atoms with Crippen molar-refractivity contribution in [3.63, 3.8) is 0 Å². The summed E-state index contributed by atoms with van der Waals surface area (Å²) in [6, 6.07) is 0. The van der Waals surface area contributed by atoms with E-state index in [0.717, 1.165) is 4.68 Å². The SMILES string of the molecule is CCn1nc[nH]c(=O)c1=O. The summed E-state index contributed by atoms with van der Waals surface area (Å²) in [5.41, 5.74) is -1.23. The van der Waals surface area contributed by atoms with Crippen LogP contribution in [0.4, 0.5) is 0 Å². The third-order valence-corrected chi connectivity index (χ3v) is 1.12. The van der Waals surface area contributed by atoms with Crippen molar-refractivity contribution in [1.29, 1.82) is 0 Å². The molecule has 54 valence electrons. The highest BCUT2D eigenvalue weighted by atomic mass is 16.2. The maximum Gasteiger partial charge on any atom is 0.332 e. The van der Waals surface area contributed by atoms with Gasteiger partial charge in [-0.05, 0) is 6.92 Å². The zero-order chi connectivity index (χ0) is 7.56. The van der Waals surface area contributed by atoms with E-state index in [-0.39, 0.29) is 0 Å². The van der Waals surface area contributed by atoms with Crippen LogP contribution in [0.3, 0.4) is 0 Å². The molecule has 0 spiro atoms. The van der Waals surface area contributed by atoms with E-state index in [0.29, 0.717) is 6.54 Å². The lowest BCUT2D eigenvalue weighted by atomic mass is 10.7. The van der Waals surface area contributed by atoms with E-state index in [2.05, 4.69) is 10.1 Å². The molecule has 1 N–H and O–H groups in total. The number of aromatic amines is 1. The number of hydrogen-bond acceptors (Lipinski definition) is 3. The monoisotopic (exact) mass is 141 g/mol. The molecule has 0 aliphatic carbocycles. The lowest BCUT2D eigenvalue weighted by Crippen LogP contribution is -2.36. The molecule has 0 radical (unpaired) electrons. The van der Waals surface area contributed by atoms with Gasteiger partial charge in [-0.15, -0.1) is 0 Å². The first-order valence-electron chi connectivity index (χ1n) is 2.90. The summed E-state index contributed by atoms with van der Waals surface area (Å²) in [4.78, 5) is 23.5. The standard InChI is InChI=1S/C5H7N3O2/c1-2-8-5(10)4(9)6-3-7-8/h3H,2H2,1H3,(H,6,7,9). The van der Waals surface area contributed by atoms with Crippen molar-refractivity contribution in [3.05, 3.63) is 27.0 Å². The van der Waals surface area contributed by atoms with Crippen LogP contribution in [0.25, 0.3) is 0 Å². The first-order chi connectivity index (χ1) is 4.75. The quantitative estimate of drug-likeness (QED) is 0.507. The second-order valence-electron chi connectivity index (χ2n) is 1.74. The van der Waals surface area contributed by atoms with E-state index in [1.54, 1.807) is 6.92 Å². The van der Waals surface area contributed by atoms with Gasteiger partial charge >= 0.3 is 11.1 Å². The van der Waals surface area contributed by atoms with Gasteiger partial charge in [-0.2, -0.15) is 5.10 Å². The molecule has 5 nitrogen and oxygen atoms in total. The predicted octanol–water partition coefficient (Wildman–Crippen LogP) is -1.05. The molecule has 0 amide bonds. The fourth-order valence-electron chi connectivity index (χ4n) is 0.614. The maximum absolute atomic E-state index is 10.8. The zero-order valence-electron chi connectivity index (χ0n) is 5.50. The molecule has 0 unspecified atom stereocenters. The Balaban J connectivity index is 3.43. The normalized spacial score (nSPS) is 9.70. The van der Waals surface area contributed by atoms with Gasteiger partial charge in [0, 0.05) is 6.54 Å². The van der Waals surface area contributed by atoms with Crippen LogP contribution < -0.4 is 11.1 Å². The Morgan fingerprint density at radius 1 is 1.70 bits per heavy atom. The average molecular weight is 141 g/mol. The van der Waals surface area contributed by atoms with Crippen molar-refractivity contribution in [2.75, 3.05) is 0 Å². The number of rotatable bonds is 1. The fraction of sp³-hybridized carbons (Fsp3) is 0.400. The van der Waals surface area contributed by atoms with Crippen LogP contribution >= 0.6 is 0 Å². The maximum atomic E-state index is 10.8. The van der Waals surface area contributed by atoms with E-state index in [1.165, 1.54) is 6.33 Å². The van der Waals surface area contributed by atoms with E-state index in [4.69, 9.17) is 0 Å². The van der Waals surface area contributed by atoms with Gasteiger partial charge in [0.15, 0.2) is 0 Å². The van der Waals surface area contributed by atoms with Gasteiger partial charge in [0.1, 0.15) is 6.33 Å². The predicted molar refractivity (Wildman–Crippen MR) is 34.8 cm³/mol. The number of nitrogens with one attached hydrogen (secondary N) is 1. The number of aromatic nitrogens is 3. The summed E-state index contributed by atoms with van der Waals surface area (Å²) >= 11 is 0. The Morgan fingerprint density at radius 3 is 2.90 bits per heavy atom. The minimum atomic E-state index is -0.628. The van der Waals surface area contributed by atoms with Crippen LogP contribution in [0, 0.1) is 0 Å². The lowest BCUT2D eigenvalue weighted by molar-refractivity contribution is 0.595. The molecule has 10 heavy (non-hydrogen) atoms. The molecule has 0 fully saturated rings. The van der Waals surface area contributed by atoms with E-state index in [9.17, 15) is 9.59 Å². The fourth-order valence-corrected chi connectivity index (χ4v) is 0.614. The van der Waals surface area contributed by atoms with Gasteiger partial charge in [0.05, 0.1) is 0 Å². The summed E-state index contributed by atoms with van der Waals surface area (Å²) in [6.45, 7) is 2.16. The molecule has 0 saturated heterocycles. The molecule has 0 aliphatic rings. The number of hydrogen-bond donors (Lipinski definition) is 1. The van der Waals surface area contributed by atoms with Crippen LogP contribution in [0.2, 0.25) is 0 Å². The third kappa shape index (κ3) is 0.975. The Kier molecular flexibility index (Phi) is 1.66. The Hall–Kier alpha value is -1.39. The Morgan fingerprint density at radius 2 is 2.40 bits per heavy atom. The van der Waals surface area contributed by atoms with E-state index in [1.807, 2.05) is 0 Å². The van der Waals surface area contributed by atoms with Crippen molar-refractivity contribution in [1.82, 2.24) is 14.8 Å². The molecule has 0 aromatic carbocycles. The Bertz CT molecular complexity index is 324. The molecule has 1 aromatic heterocycles. The molecular formula is C5H7N3O2. The molecule has 0 atom stereocenters. The molecule has 1 aromatic rings. The summed E-state index contributed by atoms with van der Waals surface area (Å²) in [5, 5.41) is 3.61. The lowest BCUT2D eigenvalue weighted by Gasteiger charge is -1.93. The number of aryl methyl sites for hydroxylation is 1. The Labute approximate surface area is 56.3 Å². The highest BCUT2D eigenvalue weighted by molar-refractivity contribution is 4.71. The summed E-state index contributed by atoms with van der Waals surface area (Å²) < 4.78 is 1.10. The second kappa shape index (κ2) is 2.47. The second-order valence-corrected chi connectivity index (χ2v) is 1.74. The smallest absolute Gasteiger partial charge is 0.307 e. The van der Waals surface area contributed by atoms with Gasteiger partial charge in [-0.1, -0.05) is 0 Å². The van der Waals surface area contributed by atoms with Crippen molar-refractivity contribution in [3.8, 4) is 0 Å². The van der Waals surface area contributed by atoms with Crippen LogP contribution in [-0.4, -0.2) is 14.8 Å². The van der Waals surface area contributed by atoms with Crippen LogP contribution in [0.15, 0.2) is 15.9 Å². The van der Waals surface area contributed by atoms with Crippen molar-refractivity contribution in [2.45, 2.75) is 13.5 Å². The third-order valence-electron chi connectivity index (χ3n) is 1.12. The molecule has 1 rings (SSSR count). The summed E-state index contributed by atoms with van der Waals surface area (Å²) in [7, 11) is 0. The summed E-state index contributed by atoms with van der Waals surface area (Å²) in [5.74, 6) is 0. The molecule has 0 aliphatic heterocycles. The van der Waals surface area contributed by atoms with Crippen molar-refractivity contribution >= 4 is 0 Å². The van der Waals surface area contributed by atoms with E-state index < -0.39 is 11.1 Å². The number of nitrogens with zero attached hydrogens (tertiary/aromatic N) is 2. The topological polar surface area (TPSA) is 67.8 Å². The minimum Gasteiger partial charge on any atom is -0.307 e. The van der Waals surface area contributed by atoms with Crippen LogP contribution in [-0.2, 0) is 6.54 Å². The van der Waals surface area contributed by atoms with Gasteiger partial charge in [0.25, 0.3) is 0 Å². The highest BCUT2D eigenvalue weighted by Gasteiger charge is 1.95. The number of H-pyrrole nitrogens is 1. The molecular weight excluding hydrogens is 134 g/mol.